The van der Waals surface area contributed by atoms with Crippen molar-refractivity contribution in [3.8, 4) is 0 Å². The number of aromatic nitrogens is 5. The molecule has 4 heterocycles. The van der Waals surface area contributed by atoms with E-state index in [0.29, 0.717) is 42.2 Å². The quantitative estimate of drug-likeness (QED) is 0.350. The predicted octanol–water partition coefficient (Wildman–Crippen LogP) is 1.58. The molecule has 0 spiro atoms. The summed E-state index contributed by atoms with van der Waals surface area (Å²) in [5.74, 6) is 0.831. The van der Waals surface area contributed by atoms with Crippen LogP contribution in [0, 0.1) is 0 Å². The van der Waals surface area contributed by atoms with Crippen LogP contribution in [0.5, 0.6) is 0 Å². The number of nitrogens with two attached hydrogens (primary N) is 1. The molecule has 3 aromatic heterocycles. The monoisotopic (exact) mass is 502 g/mol. The van der Waals surface area contributed by atoms with E-state index in [1.165, 1.54) is 6.07 Å². The lowest BCUT2D eigenvalue weighted by atomic mass is 10.1. The molecule has 1 atom stereocenters. The Morgan fingerprint density at radius 2 is 2.12 bits per heavy atom. The fraction of sp³-hybridized carbons (Fsp3) is 0.286. The number of halogens is 1. The fourth-order valence-electron chi connectivity index (χ4n) is 4.21. The van der Waals surface area contributed by atoms with Gasteiger partial charge in [-0.3, -0.25) is 4.79 Å². The maximum atomic E-state index is 13.5. The fourth-order valence-corrected chi connectivity index (χ4v) is 6.18. The first kappa shape index (κ1) is 22.4. The van der Waals surface area contributed by atoms with Crippen LogP contribution in [0.25, 0.3) is 10.9 Å². The lowest BCUT2D eigenvalue weighted by Gasteiger charge is -2.31. The molecule has 13 heteroatoms. The summed E-state index contributed by atoms with van der Waals surface area (Å²) in [6.07, 6.45) is 5.24. The van der Waals surface area contributed by atoms with Gasteiger partial charge in [0.1, 0.15) is 23.1 Å². The molecule has 0 fully saturated rings. The van der Waals surface area contributed by atoms with E-state index in [2.05, 4.69) is 19.9 Å². The molecule has 178 valence electrons. The number of hydrogen-bond acceptors (Lipinski definition) is 6. The molecule has 4 aromatic rings. The van der Waals surface area contributed by atoms with E-state index in [1.54, 1.807) is 52.5 Å². The smallest absolute Gasteiger partial charge is 0.243 e. The van der Waals surface area contributed by atoms with Crippen LogP contribution in [0.15, 0.2) is 53.9 Å². The standard InChI is InChI=1S/C21H23ClN8O3S/c22-15-3-4-16-14(5-7-24-16)20(15)34(32,33)27-17(6-9-28-8-1-2-18(28)23)21(31)29-10-11-30-13-25-26-19(30)12-29/h1-5,7-8,13,17,24,27H,6,9-12,23H2. The third kappa shape index (κ3) is 4.15. The number of fused-ring (bicyclic) bond motifs is 2. The number of nitrogens with one attached hydrogen (secondary N) is 2. The molecule has 1 aliphatic rings. The number of nitrogens with zero attached hydrogens (tertiary/aromatic N) is 5. The molecule has 1 aliphatic heterocycles. The normalized spacial score (nSPS) is 14.9. The minimum Gasteiger partial charge on any atom is -0.385 e. The zero-order valence-corrected chi connectivity index (χ0v) is 19.6. The third-order valence-electron chi connectivity index (χ3n) is 5.97. The van der Waals surface area contributed by atoms with Gasteiger partial charge in [-0.15, -0.1) is 10.2 Å². The van der Waals surface area contributed by atoms with E-state index < -0.39 is 16.1 Å². The molecule has 0 radical (unpaired) electrons. The summed E-state index contributed by atoms with van der Waals surface area (Å²) >= 11 is 6.31. The Labute approximate surface area is 200 Å². The van der Waals surface area contributed by atoms with Gasteiger partial charge < -0.3 is 24.8 Å². The number of sulfonamides is 1. The SMILES string of the molecule is Nc1cccn1CCC(NS(=O)(=O)c1c(Cl)ccc2[nH]ccc12)C(=O)N1CCn2cnnc2C1. The summed E-state index contributed by atoms with van der Waals surface area (Å²) in [5.41, 5.74) is 6.59. The number of amides is 1. The van der Waals surface area contributed by atoms with Crippen molar-refractivity contribution in [2.24, 2.45) is 0 Å². The predicted molar refractivity (Wildman–Crippen MR) is 126 cm³/mol. The summed E-state index contributed by atoms with van der Waals surface area (Å²) in [5, 5.41) is 8.46. The highest BCUT2D eigenvalue weighted by atomic mass is 35.5. The lowest BCUT2D eigenvalue weighted by Crippen LogP contribution is -2.50. The third-order valence-corrected chi connectivity index (χ3v) is 7.97. The van der Waals surface area contributed by atoms with E-state index in [0.717, 1.165) is 0 Å². The van der Waals surface area contributed by atoms with Crippen molar-refractivity contribution in [3.05, 3.63) is 59.9 Å². The number of aromatic amines is 1. The zero-order valence-electron chi connectivity index (χ0n) is 18.1. The van der Waals surface area contributed by atoms with Crippen LogP contribution < -0.4 is 10.5 Å². The minimum atomic E-state index is -4.14. The summed E-state index contributed by atoms with van der Waals surface area (Å²) in [6.45, 7) is 1.55. The number of anilines is 1. The van der Waals surface area contributed by atoms with Crippen molar-refractivity contribution in [2.45, 2.75) is 37.0 Å². The number of benzene rings is 1. The van der Waals surface area contributed by atoms with Crippen LogP contribution in [-0.4, -0.2) is 56.1 Å². The molecule has 0 aliphatic carbocycles. The molecule has 0 bridgehead atoms. The van der Waals surface area contributed by atoms with Gasteiger partial charge in [-0.2, -0.15) is 4.72 Å². The van der Waals surface area contributed by atoms with E-state index in [1.807, 2.05) is 4.57 Å². The second-order valence-electron chi connectivity index (χ2n) is 8.10. The molecule has 1 unspecified atom stereocenters. The Bertz CT molecular complexity index is 1460. The van der Waals surface area contributed by atoms with E-state index in [-0.39, 0.29) is 28.8 Å². The number of nitrogen functional groups attached to an aromatic ring is 1. The first-order chi connectivity index (χ1) is 16.3. The number of rotatable bonds is 7. The van der Waals surface area contributed by atoms with Crippen molar-refractivity contribution in [1.29, 1.82) is 0 Å². The molecule has 0 saturated carbocycles. The molecular weight excluding hydrogens is 480 g/mol. The van der Waals surface area contributed by atoms with Crippen molar-refractivity contribution >= 4 is 44.3 Å². The van der Waals surface area contributed by atoms with E-state index in [4.69, 9.17) is 17.3 Å². The Balaban J connectivity index is 1.45. The highest BCUT2D eigenvalue weighted by Crippen LogP contribution is 2.30. The van der Waals surface area contributed by atoms with Crippen molar-refractivity contribution in [2.75, 3.05) is 12.3 Å². The van der Waals surface area contributed by atoms with Gasteiger partial charge in [-0.25, -0.2) is 8.42 Å². The van der Waals surface area contributed by atoms with Gasteiger partial charge in [0.25, 0.3) is 0 Å². The van der Waals surface area contributed by atoms with Gasteiger partial charge in [0.15, 0.2) is 5.82 Å². The van der Waals surface area contributed by atoms with Crippen LogP contribution in [0.2, 0.25) is 5.02 Å². The van der Waals surface area contributed by atoms with Crippen molar-refractivity contribution in [3.63, 3.8) is 0 Å². The lowest BCUT2D eigenvalue weighted by molar-refractivity contribution is -0.134. The molecule has 5 rings (SSSR count). The molecule has 4 N–H and O–H groups in total. The van der Waals surface area contributed by atoms with Crippen LogP contribution in [0.4, 0.5) is 5.82 Å². The second-order valence-corrected chi connectivity index (χ2v) is 10.2. The van der Waals surface area contributed by atoms with E-state index in [9.17, 15) is 13.2 Å². The minimum absolute atomic E-state index is 0.0652. The largest absolute Gasteiger partial charge is 0.385 e. The Morgan fingerprint density at radius 3 is 2.91 bits per heavy atom. The summed E-state index contributed by atoms with van der Waals surface area (Å²) in [7, 11) is -4.14. The van der Waals surface area contributed by atoms with Crippen LogP contribution in [0.1, 0.15) is 12.2 Å². The molecule has 1 amide bonds. The first-order valence-electron chi connectivity index (χ1n) is 10.7. The van der Waals surface area contributed by atoms with Gasteiger partial charge in [-0.05, 0) is 36.8 Å². The Morgan fingerprint density at radius 1 is 1.26 bits per heavy atom. The number of hydrogen-bond donors (Lipinski definition) is 3. The van der Waals surface area contributed by atoms with Crippen LogP contribution in [0.3, 0.4) is 0 Å². The number of carbonyl (C=O) groups is 1. The molecule has 1 aromatic carbocycles. The van der Waals surface area contributed by atoms with Gasteiger partial charge in [0.05, 0.1) is 11.6 Å². The highest BCUT2D eigenvalue weighted by molar-refractivity contribution is 7.90. The van der Waals surface area contributed by atoms with Crippen LogP contribution >= 0.6 is 11.6 Å². The molecule has 11 nitrogen and oxygen atoms in total. The Kier molecular flexibility index (Phi) is 5.80. The summed E-state index contributed by atoms with van der Waals surface area (Å²) in [4.78, 5) is 18.1. The highest BCUT2D eigenvalue weighted by Gasteiger charge is 2.33. The number of carbonyl (C=O) groups excluding carboxylic acids is 1. The number of H-pyrrole nitrogens is 1. The zero-order chi connectivity index (χ0) is 23.9. The summed E-state index contributed by atoms with van der Waals surface area (Å²) < 4.78 is 33.3. The topological polar surface area (TPSA) is 144 Å². The van der Waals surface area contributed by atoms with Crippen LogP contribution in [-0.2, 0) is 34.5 Å². The van der Waals surface area contributed by atoms with Crippen molar-refractivity contribution < 1.29 is 13.2 Å². The van der Waals surface area contributed by atoms with Gasteiger partial charge in [0, 0.05) is 42.9 Å². The average Bonchev–Trinajstić information content (AvgIpc) is 3.56. The molecule has 34 heavy (non-hydrogen) atoms. The maximum absolute atomic E-state index is 13.5. The van der Waals surface area contributed by atoms with E-state index >= 15 is 0 Å². The molecule has 0 saturated heterocycles. The summed E-state index contributed by atoms with van der Waals surface area (Å²) in [6, 6.07) is 7.36. The van der Waals surface area contributed by atoms with Gasteiger partial charge in [-0.1, -0.05) is 11.6 Å². The second kappa shape index (κ2) is 8.78. The first-order valence-corrected chi connectivity index (χ1v) is 12.5. The van der Waals surface area contributed by atoms with Gasteiger partial charge >= 0.3 is 0 Å². The number of aryl methyl sites for hydroxylation is 1. The maximum Gasteiger partial charge on any atom is 0.243 e. The Hall–Kier alpha value is -3.35. The average molecular weight is 503 g/mol. The molecular formula is C21H23ClN8O3S. The van der Waals surface area contributed by atoms with Crippen molar-refractivity contribution in [1.82, 2.24) is 33.9 Å². The van der Waals surface area contributed by atoms with Gasteiger partial charge in [0.2, 0.25) is 15.9 Å².